The highest BCUT2D eigenvalue weighted by Crippen LogP contribution is 2.49. The molecule has 4 aromatic rings. The van der Waals surface area contributed by atoms with Gasteiger partial charge in [-0.1, -0.05) is 54.1 Å². The van der Waals surface area contributed by atoms with Gasteiger partial charge in [0.05, 0.1) is 17.8 Å². The third-order valence-electron chi connectivity index (χ3n) is 7.27. The van der Waals surface area contributed by atoms with E-state index in [1.54, 1.807) is 39.2 Å². The van der Waals surface area contributed by atoms with Gasteiger partial charge in [0, 0.05) is 36.6 Å². The number of nitrogens with one attached hydrogen (secondary N) is 1. The molecule has 5 rings (SSSR count). The van der Waals surface area contributed by atoms with E-state index in [1.165, 1.54) is 5.56 Å². The SMILES string of the molecule is CC(C)(C)O.CO.Cc1ccc(-c2c(C)c3c(c(C)c2CC=O)N(S(C)=O)Cc2cc(NC(=O)c4ccccc4)ccc2-3)cc1. The minimum Gasteiger partial charge on any atom is -0.400 e. The minimum atomic E-state index is -1.29. The van der Waals surface area contributed by atoms with E-state index < -0.39 is 16.6 Å². The Morgan fingerprint density at radius 2 is 1.53 bits per heavy atom. The Morgan fingerprint density at radius 1 is 0.933 bits per heavy atom. The van der Waals surface area contributed by atoms with Crippen LogP contribution in [0.2, 0.25) is 0 Å². The molecule has 0 radical (unpaired) electrons. The molecule has 1 aliphatic heterocycles. The van der Waals surface area contributed by atoms with Crippen molar-refractivity contribution in [3.05, 3.63) is 106 Å². The largest absolute Gasteiger partial charge is 0.400 e. The Hall–Kier alpha value is -4.11. The van der Waals surface area contributed by atoms with Crippen LogP contribution in [0.3, 0.4) is 0 Å². The molecule has 45 heavy (non-hydrogen) atoms. The van der Waals surface area contributed by atoms with Gasteiger partial charge in [0.15, 0.2) is 0 Å². The zero-order valence-electron chi connectivity index (χ0n) is 27.4. The molecule has 0 aliphatic carbocycles. The number of aryl methyl sites for hydroxylation is 1. The summed E-state index contributed by atoms with van der Waals surface area (Å²) in [6.45, 7) is 11.8. The van der Waals surface area contributed by atoms with E-state index in [4.69, 9.17) is 10.2 Å². The van der Waals surface area contributed by atoms with Crippen LogP contribution in [0.25, 0.3) is 22.3 Å². The Kier molecular flexibility index (Phi) is 12.0. The fourth-order valence-corrected chi connectivity index (χ4v) is 6.24. The Morgan fingerprint density at radius 3 is 2.09 bits per heavy atom. The van der Waals surface area contributed by atoms with Gasteiger partial charge in [-0.2, -0.15) is 0 Å². The highest BCUT2D eigenvalue weighted by atomic mass is 32.2. The topological polar surface area (TPSA) is 107 Å². The maximum Gasteiger partial charge on any atom is 0.255 e. The molecule has 0 bridgehead atoms. The van der Waals surface area contributed by atoms with E-state index in [-0.39, 0.29) is 12.3 Å². The van der Waals surface area contributed by atoms with Crippen LogP contribution in [0.15, 0.2) is 72.8 Å². The maximum atomic E-state index is 13.0. The molecule has 0 saturated carbocycles. The number of benzene rings is 4. The molecule has 1 aliphatic rings. The summed E-state index contributed by atoms with van der Waals surface area (Å²) in [5.41, 5.74) is 11.0. The number of aliphatic hydroxyl groups excluding tert-OH is 1. The first-order valence-electron chi connectivity index (χ1n) is 14.7. The van der Waals surface area contributed by atoms with Crippen molar-refractivity contribution in [1.29, 1.82) is 0 Å². The summed E-state index contributed by atoms with van der Waals surface area (Å²) in [6.07, 6.45) is 2.90. The smallest absolute Gasteiger partial charge is 0.255 e. The van der Waals surface area contributed by atoms with Gasteiger partial charge in [0.2, 0.25) is 0 Å². The highest BCUT2D eigenvalue weighted by Gasteiger charge is 2.31. The third-order valence-corrected chi connectivity index (χ3v) is 8.20. The molecule has 238 valence electrons. The minimum absolute atomic E-state index is 0.176. The normalized spacial score (nSPS) is 12.4. The predicted molar refractivity (Wildman–Crippen MR) is 186 cm³/mol. The summed E-state index contributed by atoms with van der Waals surface area (Å²) in [5.74, 6) is -0.176. The van der Waals surface area contributed by atoms with Crippen molar-refractivity contribution in [3.63, 3.8) is 0 Å². The van der Waals surface area contributed by atoms with Gasteiger partial charge in [0.25, 0.3) is 5.91 Å². The maximum absolute atomic E-state index is 13.0. The standard InChI is InChI=1S/C32H30N2O3S.C4H10O.CH4O/c1-20-10-12-23(13-11-20)29-22(3)30-28-15-14-26(33-32(36)24-8-6-5-7-9-24)18-25(28)19-34(38(4)37)31(30)21(2)27(29)16-17-35;1-4(2,3)5;1-2/h5-15,17-18H,16,19H2,1-4H3,(H,33,36);5H,1-3H3;2H,1H3. The van der Waals surface area contributed by atoms with Crippen molar-refractivity contribution in [1.82, 2.24) is 0 Å². The van der Waals surface area contributed by atoms with E-state index in [0.29, 0.717) is 17.8 Å². The number of aldehydes is 1. The molecule has 1 unspecified atom stereocenters. The monoisotopic (exact) mass is 628 g/mol. The summed E-state index contributed by atoms with van der Waals surface area (Å²) < 4.78 is 14.9. The van der Waals surface area contributed by atoms with Crippen molar-refractivity contribution in [2.45, 2.75) is 60.1 Å². The molecule has 0 spiro atoms. The number of carbonyl (C=O) groups is 2. The predicted octanol–water partition coefficient (Wildman–Crippen LogP) is 6.94. The lowest BCUT2D eigenvalue weighted by atomic mass is 9.81. The lowest BCUT2D eigenvalue weighted by molar-refractivity contribution is -0.107. The van der Waals surface area contributed by atoms with E-state index in [2.05, 4.69) is 43.4 Å². The van der Waals surface area contributed by atoms with Gasteiger partial charge in [-0.15, -0.1) is 0 Å². The van der Waals surface area contributed by atoms with E-state index >= 15 is 0 Å². The van der Waals surface area contributed by atoms with Gasteiger partial charge < -0.3 is 20.3 Å². The lowest BCUT2D eigenvalue weighted by Gasteiger charge is -2.35. The molecule has 4 aromatic carbocycles. The van der Waals surface area contributed by atoms with Gasteiger partial charge >= 0.3 is 0 Å². The molecule has 3 N–H and O–H groups in total. The quantitative estimate of drug-likeness (QED) is 0.201. The number of fused-ring (bicyclic) bond motifs is 3. The summed E-state index contributed by atoms with van der Waals surface area (Å²) in [4.78, 5) is 24.6. The number of amides is 1. The molecule has 7 nitrogen and oxygen atoms in total. The fourth-order valence-electron chi connectivity index (χ4n) is 5.43. The second kappa shape index (κ2) is 15.3. The first-order chi connectivity index (χ1) is 21.3. The van der Waals surface area contributed by atoms with Crippen LogP contribution in [-0.2, 0) is 28.7 Å². The van der Waals surface area contributed by atoms with E-state index in [1.807, 2.05) is 47.6 Å². The molecule has 1 heterocycles. The van der Waals surface area contributed by atoms with E-state index in [9.17, 15) is 13.8 Å². The van der Waals surface area contributed by atoms with Gasteiger partial charge in [-0.25, -0.2) is 4.21 Å². The van der Waals surface area contributed by atoms with Gasteiger partial charge in [-0.3, -0.25) is 9.10 Å². The highest BCUT2D eigenvalue weighted by molar-refractivity contribution is 7.85. The van der Waals surface area contributed by atoms with Crippen molar-refractivity contribution in [3.8, 4) is 22.3 Å². The van der Waals surface area contributed by atoms with Crippen LogP contribution >= 0.6 is 0 Å². The molecule has 1 amide bonds. The number of nitrogens with zero attached hydrogens (tertiary/aromatic N) is 1. The molecule has 0 fully saturated rings. The van der Waals surface area contributed by atoms with Crippen molar-refractivity contribution >= 4 is 34.6 Å². The first-order valence-corrected chi connectivity index (χ1v) is 16.3. The zero-order chi connectivity index (χ0) is 33.5. The van der Waals surface area contributed by atoms with Gasteiger partial charge in [0.1, 0.15) is 17.3 Å². The summed E-state index contributed by atoms with van der Waals surface area (Å²) in [5, 5.41) is 18.5. The van der Waals surface area contributed by atoms with E-state index in [0.717, 1.165) is 63.6 Å². The Labute approximate surface area is 269 Å². The average molecular weight is 629 g/mol. The fraction of sp³-hybridized carbons (Fsp3) is 0.297. The molecule has 8 heteroatoms. The summed E-state index contributed by atoms with van der Waals surface area (Å²) in [6, 6.07) is 23.4. The molecule has 0 saturated heterocycles. The number of hydrogen-bond donors (Lipinski definition) is 3. The van der Waals surface area contributed by atoms with Crippen LogP contribution in [0, 0.1) is 20.8 Å². The molecule has 0 aromatic heterocycles. The Bertz CT molecular complexity index is 1670. The molecular formula is C37H44N2O5S. The summed E-state index contributed by atoms with van der Waals surface area (Å²) in [7, 11) is -0.295. The average Bonchev–Trinajstić information content (AvgIpc) is 3.00. The number of rotatable bonds is 6. The number of aliphatic hydroxyl groups is 2. The second-order valence-corrected chi connectivity index (χ2v) is 13.2. The van der Waals surface area contributed by atoms with Gasteiger partial charge in [-0.05, 0) is 105 Å². The van der Waals surface area contributed by atoms with Crippen LogP contribution in [0.4, 0.5) is 11.4 Å². The van der Waals surface area contributed by atoms with Crippen LogP contribution in [-0.4, -0.2) is 45.6 Å². The van der Waals surface area contributed by atoms with Crippen LogP contribution < -0.4 is 9.62 Å². The lowest BCUT2D eigenvalue weighted by Crippen LogP contribution is -2.30. The van der Waals surface area contributed by atoms with Crippen LogP contribution in [0.5, 0.6) is 0 Å². The molecular weight excluding hydrogens is 584 g/mol. The second-order valence-electron chi connectivity index (χ2n) is 11.9. The first kappa shape index (κ1) is 35.4. The van der Waals surface area contributed by atoms with Crippen molar-refractivity contribution < 1.29 is 24.0 Å². The van der Waals surface area contributed by atoms with Crippen LogP contribution in [0.1, 0.15) is 58.9 Å². The van der Waals surface area contributed by atoms with Crippen molar-refractivity contribution in [2.75, 3.05) is 23.0 Å². The molecule has 1 atom stereocenters. The number of hydrogen-bond acceptors (Lipinski definition) is 5. The third kappa shape index (κ3) is 8.54. The van der Waals surface area contributed by atoms with Crippen molar-refractivity contribution in [2.24, 2.45) is 0 Å². The summed E-state index contributed by atoms with van der Waals surface area (Å²) >= 11 is 0. The number of carbonyl (C=O) groups excluding carboxylic acids is 2. The zero-order valence-corrected chi connectivity index (χ0v) is 28.2. The Balaban J connectivity index is 0.000000719. The number of anilines is 2.